The number of piperidine rings is 1. The van der Waals surface area contributed by atoms with E-state index in [9.17, 15) is 4.79 Å². The lowest BCUT2D eigenvalue weighted by Gasteiger charge is -2.36. The first kappa shape index (κ1) is 15.2. The van der Waals surface area contributed by atoms with Gasteiger partial charge in [-0.1, -0.05) is 51.0 Å². The summed E-state index contributed by atoms with van der Waals surface area (Å²) in [6.07, 6.45) is 6.45. The van der Waals surface area contributed by atoms with Gasteiger partial charge in [0.25, 0.3) is 0 Å². The van der Waals surface area contributed by atoms with Crippen LogP contribution in [0.5, 0.6) is 0 Å². The van der Waals surface area contributed by atoms with Crippen molar-refractivity contribution in [3.63, 3.8) is 0 Å². The molecule has 20 heavy (non-hydrogen) atoms. The molecule has 110 valence electrons. The van der Waals surface area contributed by atoms with Crippen LogP contribution in [-0.4, -0.2) is 18.9 Å². The smallest absolute Gasteiger partial charge is 0.170 e. The van der Waals surface area contributed by atoms with Crippen molar-refractivity contribution in [2.45, 2.75) is 52.4 Å². The Morgan fingerprint density at radius 1 is 1.20 bits per heavy atom. The van der Waals surface area contributed by atoms with Crippen molar-refractivity contribution in [1.82, 2.24) is 5.32 Å². The number of rotatable bonds is 6. The summed E-state index contributed by atoms with van der Waals surface area (Å²) < 4.78 is 0. The molecule has 1 saturated heterocycles. The minimum absolute atomic E-state index is 0.167. The number of Topliss-reactive ketones (excluding diaryl/α,β-unsaturated/α-hetero) is 1. The lowest BCUT2D eigenvalue weighted by Crippen LogP contribution is -2.45. The molecule has 1 unspecified atom stereocenters. The van der Waals surface area contributed by atoms with Gasteiger partial charge in [-0.25, -0.2) is 0 Å². The number of carbonyl (C=O) groups excluding carboxylic acids is 1. The molecule has 2 nitrogen and oxygen atoms in total. The van der Waals surface area contributed by atoms with E-state index in [1.807, 2.05) is 12.1 Å². The summed E-state index contributed by atoms with van der Waals surface area (Å²) in [5.74, 6) is 0.342. The largest absolute Gasteiger partial charge is 0.316 e. The van der Waals surface area contributed by atoms with Crippen LogP contribution in [-0.2, 0) is 6.42 Å². The van der Waals surface area contributed by atoms with Crippen LogP contribution in [0.1, 0.15) is 61.9 Å². The summed E-state index contributed by atoms with van der Waals surface area (Å²) >= 11 is 0. The molecule has 0 aromatic heterocycles. The van der Waals surface area contributed by atoms with Crippen molar-refractivity contribution < 1.29 is 4.79 Å². The van der Waals surface area contributed by atoms with E-state index in [1.54, 1.807) is 0 Å². The first-order valence-corrected chi connectivity index (χ1v) is 8.06. The zero-order valence-electron chi connectivity index (χ0n) is 12.9. The van der Waals surface area contributed by atoms with E-state index in [4.69, 9.17) is 0 Å². The van der Waals surface area contributed by atoms with Gasteiger partial charge in [0.05, 0.1) is 0 Å². The van der Waals surface area contributed by atoms with Gasteiger partial charge < -0.3 is 5.32 Å². The van der Waals surface area contributed by atoms with Gasteiger partial charge in [-0.15, -0.1) is 0 Å². The van der Waals surface area contributed by atoms with Crippen LogP contribution in [0.25, 0.3) is 0 Å². The quantitative estimate of drug-likeness (QED) is 0.794. The van der Waals surface area contributed by atoms with Crippen molar-refractivity contribution >= 4 is 5.78 Å². The lowest BCUT2D eigenvalue weighted by molar-refractivity contribution is 0.0718. The SMILES string of the molecule is CCCc1ccc(C(=O)C2(CCC)CCCNC2)cc1. The predicted molar refractivity (Wildman–Crippen MR) is 84.2 cm³/mol. The van der Waals surface area contributed by atoms with E-state index < -0.39 is 0 Å². The molecular formula is C18H27NO. The third kappa shape index (κ3) is 3.29. The summed E-state index contributed by atoms with van der Waals surface area (Å²) in [5, 5.41) is 3.42. The van der Waals surface area contributed by atoms with Gasteiger partial charge in [-0.3, -0.25) is 4.79 Å². The Morgan fingerprint density at radius 2 is 1.95 bits per heavy atom. The first-order chi connectivity index (χ1) is 9.72. The van der Waals surface area contributed by atoms with Crippen LogP contribution in [0, 0.1) is 5.41 Å². The van der Waals surface area contributed by atoms with Crippen LogP contribution >= 0.6 is 0 Å². The molecule has 2 heteroatoms. The van der Waals surface area contributed by atoms with E-state index in [2.05, 4.69) is 31.3 Å². The second-order valence-electron chi connectivity index (χ2n) is 6.09. The van der Waals surface area contributed by atoms with Crippen molar-refractivity contribution in [2.75, 3.05) is 13.1 Å². The minimum Gasteiger partial charge on any atom is -0.316 e. The van der Waals surface area contributed by atoms with Gasteiger partial charge in [0.2, 0.25) is 0 Å². The molecule has 0 bridgehead atoms. The number of ketones is 1. The summed E-state index contributed by atoms with van der Waals surface area (Å²) in [5.41, 5.74) is 2.05. The lowest BCUT2D eigenvalue weighted by atomic mass is 9.71. The Labute approximate surface area is 123 Å². The number of aryl methyl sites for hydroxylation is 1. The molecule has 1 fully saturated rings. The van der Waals surface area contributed by atoms with Gasteiger partial charge in [-0.05, 0) is 37.8 Å². The summed E-state index contributed by atoms with van der Waals surface area (Å²) in [6.45, 7) is 6.25. The monoisotopic (exact) mass is 273 g/mol. The summed E-state index contributed by atoms with van der Waals surface area (Å²) in [4.78, 5) is 12.9. The van der Waals surface area contributed by atoms with Crippen LogP contribution in [0.15, 0.2) is 24.3 Å². The number of nitrogens with one attached hydrogen (secondary N) is 1. The molecule has 0 amide bonds. The van der Waals surface area contributed by atoms with E-state index in [1.165, 1.54) is 5.56 Å². The molecule has 0 aliphatic carbocycles. The normalized spacial score (nSPS) is 22.7. The number of hydrogen-bond acceptors (Lipinski definition) is 2. The second kappa shape index (κ2) is 7.03. The molecule has 0 saturated carbocycles. The molecule has 0 spiro atoms. The fourth-order valence-corrected chi connectivity index (χ4v) is 3.38. The number of hydrogen-bond donors (Lipinski definition) is 1. The van der Waals surface area contributed by atoms with E-state index >= 15 is 0 Å². The van der Waals surface area contributed by atoms with Crippen LogP contribution in [0.3, 0.4) is 0 Å². The Kier molecular flexibility index (Phi) is 5.36. The van der Waals surface area contributed by atoms with Crippen molar-refractivity contribution in [3.8, 4) is 0 Å². The van der Waals surface area contributed by atoms with E-state index in [0.29, 0.717) is 5.78 Å². The maximum atomic E-state index is 12.9. The Balaban J connectivity index is 2.18. The Bertz CT molecular complexity index is 424. The molecule has 1 N–H and O–H groups in total. The fraction of sp³-hybridized carbons (Fsp3) is 0.611. The molecule has 1 atom stereocenters. The first-order valence-electron chi connectivity index (χ1n) is 8.06. The molecule has 1 aromatic rings. The van der Waals surface area contributed by atoms with Gasteiger partial charge in [0, 0.05) is 17.5 Å². The molecule has 1 heterocycles. The second-order valence-corrected chi connectivity index (χ2v) is 6.09. The Hall–Kier alpha value is -1.15. The average Bonchev–Trinajstić information content (AvgIpc) is 2.49. The molecule has 2 rings (SSSR count). The van der Waals surface area contributed by atoms with Crippen molar-refractivity contribution in [3.05, 3.63) is 35.4 Å². The van der Waals surface area contributed by atoms with Crippen molar-refractivity contribution in [1.29, 1.82) is 0 Å². The third-order valence-electron chi connectivity index (χ3n) is 4.44. The third-order valence-corrected chi connectivity index (χ3v) is 4.44. The zero-order chi connectivity index (χ0) is 14.4. The minimum atomic E-state index is -0.167. The van der Waals surface area contributed by atoms with Gasteiger partial charge in [-0.2, -0.15) is 0 Å². The molecule has 1 aliphatic rings. The van der Waals surface area contributed by atoms with Gasteiger partial charge in [0.1, 0.15) is 0 Å². The predicted octanol–water partition coefficient (Wildman–Crippen LogP) is 3.99. The highest BCUT2D eigenvalue weighted by molar-refractivity contribution is 6.00. The van der Waals surface area contributed by atoms with Crippen molar-refractivity contribution in [2.24, 2.45) is 5.41 Å². The number of benzene rings is 1. The standard InChI is InChI=1S/C18H27NO/c1-3-6-15-7-9-16(10-8-15)17(20)18(11-4-2)12-5-13-19-14-18/h7-10,19H,3-6,11-14H2,1-2H3. The van der Waals surface area contributed by atoms with E-state index in [0.717, 1.165) is 57.2 Å². The number of carbonyl (C=O) groups is 1. The zero-order valence-corrected chi connectivity index (χ0v) is 12.9. The average molecular weight is 273 g/mol. The molecular weight excluding hydrogens is 246 g/mol. The van der Waals surface area contributed by atoms with Gasteiger partial charge in [0.15, 0.2) is 5.78 Å². The summed E-state index contributed by atoms with van der Waals surface area (Å²) in [7, 11) is 0. The summed E-state index contributed by atoms with van der Waals surface area (Å²) in [6, 6.07) is 8.29. The Morgan fingerprint density at radius 3 is 2.50 bits per heavy atom. The van der Waals surface area contributed by atoms with E-state index in [-0.39, 0.29) is 5.41 Å². The van der Waals surface area contributed by atoms with Crippen LogP contribution < -0.4 is 5.32 Å². The van der Waals surface area contributed by atoms with Crippen LogP contribution in [0.4, 0.5) is 0 Å². The topological polar surface area (TPSA) is 29.1 Å². The maximum Gasteiger partial charge on any atom is 0.170 e. The highest BCUT2D eigenvalue weighted by atomic mass is 16.1. The highest BCUT2D eigenvalue weighted by Gasteiger charge is 2.38. The van der Waals surface area contributed by atoms with Gasteiger partial charge >= 0.3 is 0 Å². The molecule has 0 radical (unpaired) electrons. The molecule has 1 aliphatic heterocycles. The fourth-order valence-electron chi connectivity index (χ4n) is 3.38. The molecule has 1 aromatic carbocycles. The van der Waals surface area contributed by atoms with Crippen LogP contribution in [0.2, 0.25) is 0 Å². The highest BCUT2D eigenvalue weighted by Crippen LogP contribution is 2.35. The maximum absolute atomic E-state index is 12.9.